The topological polar surface area (TPSA) is 98.0 Å². The molecular formula is C19H19N3O5S. The zero-order valence-electron chi connectivity index (χ0n) is 15.3. The molecule has 0 unspecified atom stereocenters. The second-order valence-electron chi connectivity index (χ2n) is 6.07. The van der Waals surface area contributed by atoms with Crippen molar-refractivity contribution in [2.24, 2.45) is 4.99 Å². The fourth-order valence-electron chi connectivity index (χ4n) is 2.88. The standard InChI is InChI=1S/C19H19N3O5S/c1-3-9-21-13-6-5-12(18(26)27-4-2)10-14(13)28-19(21)20-15(23)11-22-16(24)7-8-17(22)25/h3,5-6,10H,1,4,7-9,11H2,2H3. The predicted octanol–water partition coefficient (Wildman–Crippen LogP) is 1.64. The number of fused-ring (bicyclic) bond motifs is 1. The van der Waals surface area contributed by atoms with Crippen molar-refractivity contribution in [3.8, 4) is 0 Å². The van der Waals surface area contributed by atoms with E-state index >= 15 is 0 Å². The Hall–Kier alpha value is -3.07. The normalized spacial score (nSPS) is 14.8. The van der Waals surface area contributed by atoms with E-state index in [1.54, 1.807) is 35.8 Å². The largest absolute Gasteiger partial charge is 0.462 e. The summed E-state index contributed by atoms with van der Waals surface area (Å²) in [5.74, 6) is -1.72. The quantitative estimate of drug-likeness (QED) is 0.416. The molecule has 1 aromatic carbocycles. The van der Waals surface area contributed by atoms with Gasteiger partial charge in [0.25, 0.3) is 5.91 Å². The number of hydrogen-bond acceptors (Lipinski definition) is 6. The molecule has 2 aromatic rings. The number of allylic oxidation sites excluding steroid dienone is 1. The van der Waals surface area contributed by atoms with E-state index < -0.39 is 11.9 Å². The van der Waals surface area contributed by atoms with Crippen LogP contribution in [0.1, 0.15) is 30.1 Å². The summed E-state index contributed by atoms with van der Waals surface area (Å²) < 4.78 is 7.56. The highest BCUT2D eigenvalue weighted by atomic mass is 32.1. The molecule has 0 spiro atoms. The first-order chi connectivity index (χ1) is 13.4. The average Bonchev–Trinajstić information content (AvgIpc) is 3.16. The molecule has 1 fully saturated rings. The summed E-state index contributed by atoms with van der Waals surface area (Å²) in [6, 6.07) is 5.10. The SMILES string of the molecule is C=CCn1c(=NC(=O)CN2C(=O)CCC2=O)sc2cc(C(=O)OCC)ccc21. The number of nitrogens with zero attached hydrogens (tertiary/aromatic N) is 3. The van der Waals surface area contributed by atoms with E-state index in [-0.39, 0.29) is 37.8 Å². The van der Waals surface area contributed by atoms with Gasteiger partial charge < -0.3 is 9.30 Å². The average molecular weight is 401 g/mol. The third-order valence-electron chi connectivity index (χ3n) is 4.17. The van der Waals surface area contributed by atoms with Crippen LogP contribution in [0.3, 0.4) is 0 Å². The van der Waals surface area contributed by atoms with Gasteiger partial charge in [-0.25, -0.2) is 4.79 Å². The van der Waals surface area contributed by atoms with Crippen LogP contribution < -0.4 is 4.80 Å². The second kappa shape index (κ2) is 8.30. The molecule has 8 nitrogen and oxygen atoms in total. The van der Waals surface area contributed by atoms with Crippen molar-refractivity contribution in [2.75, 3.05) is 13.2 Å². The fourth-order valence-corrected chi connectivity index (χ4v) is 3.98. The van der Waals surface area contributed by atoms with Crippen molar-refractivity contribution in [3.63, 3.8) is 0 Å². The third-order valence-corrected chi connectivity index (χ3v) is 5.22. The minimum Gasteiger partial charge on any atom is -0.462 e. The summed E-state index contributed by atoms with van der Waals surface area (Å²) in [6.07, 6.45) is 1.92. The molecule has 0 saturated carbocycles. The summed E-state index contributed by atoms with van der Waals surface area (Å²) in [7, 11) is 0. The number of esters is 1. The Bertz CT molecular complexity index is 1030. The number of likely N-dealkylation sites (tertiary alicyclic amines) is 1. The third kappa shape index (κ3) is 3.94. The first-order valence-electron chi connectivity index (χ1n) is 8.76. The summed E-state index contributed by atoms with van der Waals surface area (Å²) in [6.45, 7) is 5.78. The van der Waals surface area contributed by atoms with E-state index in [0.29, 0.717) is 16.9 Å². The van der Waals surface area contributed by atoms with Crippen molar-refractivity contribution in [3.05, 3.63) is 41.2 Å². The lowest BCUT2D eigenvalue weighted by Gasteiger charge is -2.10. The number of imide groups is 1. The van der Waals surface area contributed by atoms with E-state index in [1.807, 2.05) is 0 Å². The van der Waals surface area contributed by atoms with Gasteiger partial charge in [0.1, 0.15) is 6.54 Å². The van der Waals surface area contributed by atoms with Gasteiger partial charge in [0.05, 0.1) is 22.4 Å². The number of thiazole rings is 1. The van der Waals surface area contributed by atoms with Crippen molar-refractivity contribution in [2.45, 2.75) is 26.3 Å². The van der Waals surface area contributed by atoms with Gasteiger partial charge in [-0.15, -0.1) is 6.58 Å². The maximum absolute atomic E-state index is 12.3. The van der Waals surface area contributed by atoms with Crippen molar-refractivity contribution >= 4 is 45.2 Å². The molecule has 0 aliphatic carbocycles. The minimum absolute atomic E-state index is 0.127. The predicted molar refractivity (Wildman–Crippen MR) is 102 cm³/mol. The minimum atomic E-state index is -0.585. The van der Waals surface area contributed by atoms with Crippen LogP contribution >= 0.6 is 11.3 Å². The van der Waals surface area contributed by atoms with E-state index in [1.165, 1.54) is 11.3 Å². The molecule has 1 aromatic heterocycles. The Morgan fingerprint density at radius 2 is 2.00 bits per heavy atom. The molecule has 2 heterocycles. The molecule has 1 saturated heterocycles. The first-order valence-corrected chi connectivity index (χ1v) is 9.58. The molecule has 3 rings (SSSR count). The van der Waals surface area contributed by atoms with Gasteiger partial charge >= 0.3 is 5.97 Å². The maximum Gasteiger partial charge on any atom is 0.338 e. The Kier molecular flexibility index (Phi) is 5.84. The van der Waals surface area contributed by atoms with Crippen LogP contribution in [0.2, 0.25) is 0 Å². The maximum atomic E-state index is 12.3. The molecule has 146 valence electrons. The summed E-state index contributed by atoms with van der Waals surface area (Å²) in [5, 5.41) is 0. The van der Waals surface area contributed by atoms with Gasteiger partial charge in [-0.1, -0.05) is 17.4 Å². The van der Waals surface area contributed by atoms with Crippen LogP contribution in [0, 0.1) is 0 Å². The lowest BCUT2D eigenvalue weighted by molar-refractivity contribution is -0.141. The van der Waals surface area contributed by atoms with Gasteiger partial charge in [-0.2, -0.15) is 4.99 Å². The van der Waals surface area contributed by atoms with Gasteiger partial charge in [-0.3, -0.25) is 19.3 Å². The van der Waals surface area contributed by atoms with Crippen LogP contribution in [0.4, 0.5) is 0 Å². The van der Waals surface area contributed by atoms with E-state index in [0.717, 1.165) is 15.1 Å². The Morgan fingerprint density at radius 1 is 1.29 bits per heavy atom. The van der Waals surface area contributed by atoms with Gasteiger partial charge in [-0.05, 0) is 25.1 Å². The number of benzene rings is 1. The number of amides is 3. The molecule has 3 amide bonds. The lowest BCUT2D eigenvalue weighted by Crippen LogP contribution is -2.34. The zero-order valence-corrected chi connectivity index (χ0v) is 16.2. The number of aromatic nitrogens is 1. The summed E-state index contributed by atoms with van der Waals surface area (Å²) in [5.41, 5.74) is 1.20. The highest BCUT2D eigenvalue weighted by Gasteiger charge is 2.30. The molecule has 1 aliphatic rings. The van der Waals surface area contributed by atoms with Crippen molar-refractivity contribution in [1.29, 1.82) is 0 Å². The number of carbonyl (C=O) groups is 4. The van der Waals surface area contributed by atoms with Crippen LogP contribution in [0.25, 0.3) is 10.2 Å². The molecule has 0 bridgehead atoms. The Morgan fingerprint density at radius 3 is 2.64 bits per heavy atom. The number of rotatable bonds is 6. The molecule has 9 heteroatoms. The lowest BCUT2D eigenvalue weighted by atomic mass is 10.2. The Labute approximate surface area is 164 Å². The number of carbonyl (C=O) groups excluding carboxylic acids is 4. The van der Waals surface area contributed by atoms with Crippen LogP contribution in [0.5, 0.6) is 0 Å². The van der Waals surface area contributed by atoms with E-state index in [2.05, 4.69) is 11.6 Å². The Balaban J connectivity index is 1.97. The fraction of sp³-hybridized carbons (Fsp3) is 0.316. The van der Waals surface area contributed by atoms with E-state index in [9.17, 15) is 19.2 Å². The second-order valence-corrected chi connectivity index (χ2v) is 7.08. The zero-order chi connectivity index (χ0) is 20.3. The van der Waals surface area contributed by atoms with E-state index in [4.69, 9.17) is 4.74 Å². The van der Waals surface area contributed by atoms with Gasteiger partial charge in [0.2, 0.25) is 11.8 Å². The number of ether oxygens (including phenoxy) is 1. The summed E-state index contributed by atoms with van der Waals surface area (Å²) >= 11 is 1.23. The monoisotopic (exact) mass is 401 g/mol. The molecule has 0 radical (unpaired) electrons. The molecule has 1 aliphatic heterocycles. The van der Waals surface area contributed by atoms with Crippen molar-refractivity contribution in [1.82, 2.24) is 9.47 Å². The van der Waals surface area contributed by atoms with Gasteiger partial charge in [0.15, 0.2) is 4.80 Å². The van der Waals surface area contributed by atoms with Gasteiger partial charge in [0, 0.05) is 19.4 Å². The van der Waals surface area contributed by atoms with Crippen LogP contribution in [0.15, 0.2) is 35.8 Å². The molecule has 0 atom stereocenters. The van der Waals surface area contributed by atoms with Crippen LogP contribution in [-0.4, -0.2) is 46.3 Å². The molecule has 0 N–H and O–H groups in total. The smallest absolute Gasteiger partial charge is 0.338 e. The number of hydrogen-bond donors (Lipinski definition) is 0. The van der Waals surface area contributed by atoms with Crippen molar-refractivity contribution < 1.29 is 23.9 Å². The molecule has 28 heavy (non-hydrogen) atoms. The highest BCUT2D eigenvalue weighted by molar-refractivity contribution is 7.16. The first kappa shape index (κ1) is 19.7. The summed E-state index contributed by atoms with van der Waals surface area (Å²) in [4.78, 5) is 53.1. The highest BCUT2D eigenvalue weighted by Crippen LogP contribution is 2.20. The molecular weight excluding hydrogens is 382 g/mol. The van der Waals surface area contributed by atoms with Crippen LogP contribution in [-0.2, 0) is 25.7 Å².